The molecule has 2 aromatic carbocycles. The molecule has 5 nitrogen and oxygen atoms in total. The van der Waals surface area contributed by atoms with Crippen LogP contribution in [0.15, 0.2) is 42.5 Å². The zero-order chi connectivity index (χ0) is 22.6. The number of aryl methyl sites for hydroxylation is 2. The lowest BCUT2D eigenvalue weighted by Gasteiger charge is -2.23. The van der Waals surface area contributed by atoms with Crippen molar-refractivity contribution < 1.29 is 14.3 Å². The lowest BCUT2D eigenvalue weighted by atomic mass is 9.85. The second-order valence-corrected chi connectivity index (χ2v) is 9.67. The first-order chi connectivity index (χ1) is 14.7. The normalized spacial score (nSPS) is 11.3. The van der Waals surface area contributed by atoms with Gasteiger partial charge in [0.15, 0.2) is 11.7 Å². The number of ether oxygens (including phenoxy) is 2. The van der Waals surface area contributed by atoms with E-state index < -0.39 is 0 Å². The molecule has 0 aliphatic carbocycles. The van der Waals surface area contributed by atoms with Crippen molar-refractivity contribution in [2.24, 2.45) is 0 Å². The molecule has 0 radical (unpaired) electrons. The molecule has 0 atom stereocenters. The van der Waals surface area contributed by atoms with Crippen molar-refractivity contribution in [2.45, 2.75) is 47.0 Å². The molecule has 0 fully saturated rings. The third-order valence-corrected chi connectivity index (χ3v) is 5.67. The summed E-state index contributed by atoms with van der Waals surface area (Å²) in [4.78, 5) is 18.1. The summed E-state index contributed by atoms with van der Waals surface area (Å²) < 4.78 is 11.4. The summed E-state index contributed by atoms with van der Waals surface area (Å²) in [5.41, 5.74) is 4.03. The first-order valence-electron chi connectivity index (χ1n) is 10.4. The maximum atomic E-state index is 12.5. The highest BCUT2D eigenvalue weighted by atomic mass is 32.1. The molecule has 0 spiro atoms. The maximum absolute atomic E-state index is 12.5. The van der Waals surface area contributed by atoms with E-state index in [4.69, 9.17) is 9.47 Å². The Labute approximate surface area is 188 Å². The predicted molar refractivity (Wildman–Crippen MR) is 127 cm³/mol. The number of nitrogens with one attached hydrogen (secondary N) is 1. The quantitative estimate of drug-likeness (QED) is 0.481. The summed E-state index contributed by atoms with van der Waals surface area (Å²) in [6, 6.07) is 13.9. The van der Waals surface area contributed by atoms with Crippen LogP contribution < -0.4 is 14.8 Å². The number of rotatable bonds is 7. The monoisotopic (exact) mass is 438 g/mol. The summed E-state index contributed by atoms with van der Waals surface area (Å²) >= 11 is 1.45. The molecular weight excluding hydrogens is 408 g/mol. The second kappa shape index (κ2) is 9.52. The highest BCUT2D eigenvalue weighted by Crippen LogP contribution is 2.33. The highest BCUT2D eigenvalue weighted by molar-refractivity contribution is 7.16. The molecule has 3 rings (SSSR count). The van der Waals surface area contributed by atoms with Crippen molar-refractivity contribution in [1.82, 2.24) is 4.98 Å². The van der Waals surface area contributed by atoms with Crippen LogP contribution >= 0.6 is 11.3 Å². The van der Waals surface area contributed by atoms with Crippen molar-refractivity contribution in [1.29, 1.82) is 0 Å². The standard InChI is InChI=1S/C25H30N2O3S/c1-7-29-19-11-9-18(10-12-19)23-17(3)31-24(27-23)26-22(28)15-30-21-13-8-16(2)14-20(21)25(4,5)6/h8-14H,7,15H2,1-6H3,(H,26,27,28). The Bertz CT molecular complexity index is 1050. The van der Waals surface area contributed by atoms with E-state index in [2.05, 4.69) is 44.1 Å². The number of carbonyl (C=O) groups excluding carboxylic acids is 1. The van der Waals surface area contributed by atoms with Gasteiger partial charge in [-0.25, -0.2) is 4.98 Å². The summed E-state index contributed by atoms with van der Waals surface area (Å²) in [7, 11) is 0. The van der Waals surface area contributed by atoms with Crippen LogP contribution in [0, 0.1) is 13.8 Å². The minimum absolute atomic E-state index is 0.0663. The molecule has 1 heterocycles. The lowest BCUT2D eigenvalue weighted by molar-refractivity contribution is -0.118. The number of anilines is 1. The van der Waals surface area contributed by atoms with Crippen LogP contribution in [0.3, 0.4) is 0 Å². The molecule has 0 unspecified atom stereocenters. The third-order valence-electron chi connectivity index (χ3n) is 4.78. The van der Waals surface area contributed by atoms with Crippen molar-refractivity contribution >= 4 is 22.4 Å². The first kappa shape index (κ1) is 22.8. The molecule has 1 N–H and O–H groups in total. The average Bonchev–Trinajstić information content (AvgIpc) is 3.07. The van der Waals surface area contributed by atoms with Gasteiger partial charge in [0, 0.05) is 10.4 Å². The van der Waals surface area contributed by atoms with Gasteiger partial charge in [-0.1, -0.05) is 38.5 Å². The number of carbonyl (C=O) groups is 1. The van der Waals surface area contributed by atoms with E-state index in [0.29, 0.717) is 11.7 Å². The molecule has 3 aromatic rings. The summed E-state index contributed by atoms with van der Waals surface area (Å²) in [5, 5.41) is 3.43. The van der Waals surface area contributed by atoms with Crippen LogP contribution in [-0.2, 0) is 10.2 Å². The van der Waals surface area contributed by atoms with Gasteiger partial charge in [-0.2, -0.15) is 0 Å². The van der Waals surface area contributed by atoms with Gasteiger partial charge in [0.2, 0.25) is 0 Å². The van der Waals surface area contributed by atoms with E-state index in [1.807, 2.05) is 50.2 Å². The van der Waals surface area contributed by atoms with Gasteiger partial charge in [-0.05, 0) is 62.1 Å². The summed E-state index contributed by atoms with van der Waals surface area (Å²) in [6.07, 6.45) is 0. The fourth-order valence-corrected chi connectivity index (χ4v) is 4.10. The Morgan fingerprint density at radius 1 is 1.06 bits per heavy atom. The number of aromatic nitrogens is 1. The Morgan fingerprint density at radius 2 is 1.77 bits per heavy atom. The minimum Gasteiger partial charge on any atom is -0.494 e. The Morgan fingerprint density at radius 3 is 2.42 bits per heavy atom. The molecule has 1 amide bonds. The first-order valence-corrected chi connectivity index (χ1v) is 11.2. The molecule has 164 valence electrons. The molecule has 6 heteroatoms. The van der Waals surface area contributed by atoms with E-state index >= 15 is 0 Å². The molecule has 0 aliphatic heterocycles. The van der Waals surface area contributed by atoms with Crippen molar-refractivity contribution in [3.63, 3.8) is 0 Å². The van der Waals surface area contributed by atoms with E-state index in [1.54, 1.807) is 0 Å². The van der Waals surface area contributed by atoms with Crippen LogP contribution in [0.1, 0.15) is 43.7 Å². The van der Waals surface area contributed by atoms with Gasteiger partial charge in [0.1, 0.15) is 11.5 Å². The van der Waals surface area contributed by atoms with Gasteiger partial charge in [-0.3, -0.25) is 10.1 Å². The minimum atomic E-state index is -0.229. The number of nitrogens with zero attached hydrogens (tertiary/aromatic N) is 1. The predicted octanol–water partition coefficient (Wildman–Crippen LogP) is 6.14. The van der Waals surface area contributed by atoms with E-state index in [-0.39, 0.29) is 17.9 Å². The maximum Gasteiger partial charge on any atom is 0.264 e. The van der Waals surface area contributed by atoms with Crippen LogP contribution in [0.2, 0.25) is 0 Å². The van der Waals surface area contributed by atoms with Crippen molar-refractivity contribution in [3.05, 3.63) is 58.5 Å². The number of benzene rings is 2. The zero-order valence-electron chi connectivity index (χ0n) is 19.0. The average molecular weight is 439 g/mol. The SMILES string of the molecule is CCOc1ccc(-c2nc(NC(=O)COc3ccc(C)cc3C(C)(C)C)sc2C)cc1. The fourth-order valence-electron chi connectivity index (χ4n) is 3.25. The molecule has 0 saturated heterocycles. The fraction of sp³-hybridized carbons (Fsp3) is 0.360. The molecule has 31 heavy (non-hydrogen) atoms. The van der Waals surface area contributed by atoms with Gasteiger partial charge in [-0.15, -0.1) is 11.3 Å². The van der Waals surface area contributed by atoms with Crippen LogP contribution in [0.4, 0.5) is 5.13 Å². The molecule has 0 aliphatic rings. The Hall–Kier alpha value is -2.86. The number of hydrogen-bond donors (Lipinski definition) is 1. The van der Waals surface area contributed by atoms with Gasteiger partial charge < -0.3 is 9.47 Å². The van der Waals surface area contributed by atoms with Crippen molar-refractivity contribution in [2.75, 3.05) is 18.5 Å². The second-order valence-electron chi connectivity index (χ2n) is 8.47. The van der Waals surface area contributed by atoms with Gasteiger partial charge >= 0.3 is 0 Å². The Balaban J connectivity index is 1.66. The van der Waals surface area contributed by atoms with E-state index in [0.717, 1.165) is 33.2 Å². The Kier molecular flexibility index (Phi) is 7.01. The van der Waals surface area contributed by atoms with Crippen LogP contribution in [0.5, 0.6) is 11.5 Å². The lowest BCUT2D eigenvalue weighted by Crippen LogP contribution is -2.22. The molecule has 0 saturated carbocycles. The smallest absolute Gasteiger partial charge is 0.264 e. The van der Waals surface area contributed by atoms with E-state index in [9.17, 15) is 4.79 Å². The largest absolute Gasteiger partial charge is 0.494 e. The van der Waals surface area contributed by atoms with Crippen LogP contribution in [0.25, 0.3) is 11.3 Å². The number of amides is 1. The number of thiazole rings is 1. The van der Waals surface area contributed by atoms with Gasteiger partial charge in [0.05, 0.1) is 12.3 Å². The van der Waals surface area contributed by atoms with Crippen molar-refractivity contribution in [3.8, 4) is 22.8 Å². The topological polar surface area (TPSA) is 60.5 Å². The molecule has 0 bridgehead atoms. The molecular formula is C25H30N2O3S. The van der Waals surface area contributed by atoms with Gasteiger partial charge in [0.25, 0.3) is 5.91 Å². The molecule has 1 aromatic heterocycles. The highest BCUT2D eigenvalue weighted by Gasteiger charge is 2.20. The summed E-state index contributed by atoms with van der Waals surface area (Å²) in [5.74, 6) is 1.33. The number of hydrogen-bond acceptors (Lipinski definition) is 5. The van der Waals surface area contributed by atoms with E-state index in [1.165, 1.54) is 16.9 Å². The summed E-state index contributed by atoms with van der Waals surface area (Å²) in [6.45, 7) is 13.0. The van der Waals surface area contributed by atoms with Crippen LogP contribution in [-0.4, -0.2) is 24.1 Å². The third kappa shape index (κ3) is 5.85. The zero-order valence-corrected chi connectivity index (χ0v) is 19.9.